The average molecular weight is 453 g/mol. The molecule has 0 spiro atoms. The number of hydrogen-bond donors (Lipinski definition) is 2. The maximum absolute atomic E-state index is 14.2. The highest BCUT2D eigenvalue weighted by Gasteiger charge is 2.21. The number of benzene rings is 2. The molecule has 3 amide bonds. The third kappa shape index (κ3) is 4.87. The molecule has 3 aromatic rings. The third-order valence-corrected chi connectivity index (χ3v) is 5.68. The Balaban J connectivity index is 1.45. The molecule has 1 saturated heterocycles. The Bertz CT molecular complexity index is 1200. The smallest absolute Gasteiger partial charge is 0.321 e. The molecule has 0 bridgehead atoms. The Morgan fingerprint density at radius 2 is 1.82 bits per heavy atom. The quantitative estimate of drug-likeness (QED) is 0.604. The molecule has 1 aliphatic heterocycles. The third-order valence-electron chi connectivity index (χ3n) is 5.68. The maximum Gasteiger partial charge on any atom is 0.321 e. The molecule has 2 aromatic carbocycles. The lowest BCUT2D eigenvalue weighted by atomic mass is 10.1. The molecule has 4 rings (SSSR count). The van der Waals surface area contributed by atoms with Crippen molar-refractivity contribution in [1.82, 2.24) is 20.0 Å². The van der Waals surface area contributed by atoms with Crippen molar-refractivity contribution >= 4 is 17.6 Å². The van der Waals surface area contributed by atoms with Gasteiger partial charge >= 0.3 is 6.03 Å². The number of likely N-dealkylation sites (tertiary alicyclic amines) is 1. The Morgan fingerprint density at radius 1 is 1.06 bits per heavy atom. The van der Waals surface area contributed by atoms with Gasteiger partial charge in [0.05, 0.1) is 17.0 Å². The van der Waals surface area contributed by atoms with Gasteiger partial charge in [0.2, 0.25) is 0 Å². The van der Waals surface area contributed by atoms with E-state index in [4.69, 9.17) is 0 Å². The maximum atomic E-state index is 14.2. The van der Waals surface area contributed by atoms with E-state index in [-0.39, 0.29) is 24.2 Å². The predicted molar refractivity (Wildman–Crippen MR) is 120 cm³/mol. The largest absolute Gasteiger partial charge is 0.348 e. The van der Waals surface area contributed by atoms with Crippen molar-refractivity contribution < 1.29 is 18.4 Å². The number of carbonyl (C=O) groups is 2. The minimum Gasteiger partial charge on any atom is -0.348 e. The first-order chi connectivity index (χ1) is 15.8. The van der Waals surface area contributed by atoms with Crippen LogP contribution in [0.2, 0.25) is 0 Å². The molecular formula is C24H25F2N5O2. The van der Waals surface area contributed by atoms with E-state index < -0.39 is 11.6 Å². The van der Waals surface area contributed by atoms with Crippen molar-refractivity contribution in [3.8, 4) is 5.69 Å². The van der Waals surface area contributed by atoms with E-state index in [9.17, 15) is 18.4 Å². The lowest BCUT2D eigenvalue weighted by molar-refractivity contribution is 0.0949. The van der Waals surface area contributed by atoms with Crippen LogP contribution in [0.15, 0.2) is 42.5 Å². The standard InChI is InChI=1S/C24H25F2N5O2/c1-15-22(16(2)31(29-15)21-9-8-18(25)13-20(21)26)23(32)27-14-17-6-5-7-19(12-17)28-24(33)30-10-3-4-11-30/h5-9,12-13H,3-4,10-11,14H2,1-2H3,(H,27,32)(H,28,33). The number of nitrogens with one attached hydrogen (secondary N) is 2. The molecule has 1 aliphatic rings. The SMILES string of the molecule is Cc1nn(-c2ccc(F)cc2F)c(C)c1C(=O)NCc1cccc(NC(=O)N2CCCC2)c1. The second-order valence-electron chi connectivity index (χ2n) is 8.06. The van der Waals surface area contributed by atoms with Crippen LogP contribution in [0.4, 0.5) is 19.3 Å². The molecule has 0 radical (unpaired) electrons. The number of aryl methyl sites for hydroxylation is 1. The van der Waals surface area contributed by atoms with Crippen LogP contribution in [0, 0.1) is 25.5 Å². The lowest BCUT2D eigenvalue weighted by Gasteiger charge is -2.16. The molecule has 2 N–H and O–H groups in total. The van der Waals surface area contributed by atoms with E-state index in [1.165, 1.54) is 10.7 Å². The Labute approximate surface area is 190 Å². The van der Waals surface area contributed by atoms with Crippen molar-refractivity contribution in [2.45, 2.75) is 33.2 Å². The fourth-order valence-electron chi connectivity index (χ4n) is 4.01. The van der Waals surface area contributed by atoms with Crippen LogP contribution in [0.25, 0.3) is 5.69 Å². The molecule has 7 nitrogen and oxygen atoms in total. The van der Waals surface area contributed by atoms with Gasteiger partial charge in [-0.1, -0.05) is 12.1 Å². The van der Waals surface area contributed by atoms with Gasteiger partial charge in [0, 0.05) is 31.4 Å². The topological polar surface area (TPSA) is 79.3 Å². The first kappa shape index (κ1) is 22.4. The summed E-state index contributed by atoms with van der Waals surface area (Å²) in [5.74, 6) is -1.81. The highest BCUT2D eigenvalue weighted by molar-refractivity contribution is 5.96. The second kappa shape index (κ2) is 9.40. The van der Waals surface area contributed by atoms with Crippen LogP contribution in [-0.2, 0) is 6.54 Å². The Hall–Kier alpha value is -3.75. The van der Waals surface area contributed by atoms with E-state index in [0.29, 0.717) is 22.6 Å². The fraction of sp³-hybridized carbons (Fsp3) is 0.292. The van der Waals surface area contributed by atoms with Crippen LogP contribution in [0.3, 0.4) is 0 Å². The molecule has 1 aromatic heterocycles. The number of amides is 3. The van der Waals surface area contributed by atoms with Gasteiger partial charge in [-0.15, -0.1) is 0 Å². The minimum atomic E-state index is -0.764. The minimum absolute atomic E-state index is 0.0671. The monoisotopic (exact) mass is 453 g/mol. The highest BCUT2D eigenvalue weighted by atomic mass is 19.1. The molecule has 1 fully saturated rings. The van der Waals surface area contributed by atoms with E-state index in [1.807, 2.05) is 18.2 Å². The summed E-state index contributed by atoms with van der Waals surface area (Å²) in [6.45, 7) is 5.08. The number of rotatable bonds is 5. The number of halogens is 2. The second-order valence-corrected chi connectivity index (χ2v) is 8.06. The summed E-state index contributed by atoms with van der Waals surface area (Å²) < 4.78 is 28.8. The van der Waals surface area contributed by atoms with Crippen LogP contribution in [-0.4, -0.2) is 39.7 Å². The summed E-state index contributed by atoms with van der Waals surface area (Å²) in [6.07, 6.45) is 2.03. The normalized spacial score (nSPS) is 13.3. The van der Waals surface area contributed by atoms with Crippen molar-refractivity contribution in [3.63, 3.8) is 0 Å². The number of urea groups is 1. The van der Waals surface area contributed by atoms with Crippen molar-refractivity contribution in [2.75, 3.05) is 18.4 Å². The number of aromatic nitrogens is 2. The zero-order chi connectivity index (χ0) is 23.5. The zero-order valence-electron chi connectivity index (χ0n) is 18.5. The molecule has 172 valence electrons. The van der Waals surface area contributed by atoms with Crippen LogP contribution < -0.4 is 10.6 Å². The Kier molecular flexibility index (Phi) is 6.39. The van der Waals surface area contributed by atoms with Gasteiger partial charge in [-0.3, -0.25) is 4.79 Å². The summed E-state index contributed by atoms with van der Waals surface area (Å²) in [4.78, 5) is 27.0. The molecule has 0 atom stereocenters. The predicted octanol–water partition coefficient (Wildman–Crippen LogP) is 4.33. The van der Waals surface area contributed by atoms with E-state index >= 15 is 0 Å². The number of hydrogen-bond acceptors (Lipinski definition) is 3. The van der Waals surface area contributed by atoms with Gasteiger partial charge in [-0.05, 0) is 56.5 Å². The van der Waals surface area contributed by atoms with E-state index in [0.717, 1.165) is 43.6 Å². The average Bonchev–Trinajstić information content (AvgIpc) is 3.41. The summed E-state index contributed by atoms with van der Waals surface area (Å²) >= 11 is 0. The van der Waals surface area contributed by atoms with Crippen molar-refractivity contribution in [3.05, 3.63) is 76.6 Å². The summed E-state index contributed by atoms with van der Waals surface area (Å²) in [7, 11) is 0. The van der Waals surface area contributed by atoms with Gasteiger partial charge < -0.3 is 15.5 Å². The van der Waals surface area contributed by atoms with E-state index in [2.05, 4.69) is 15.7 Å². The van der Waals surface area contributed by atoms with Gasteiger partial charge in [-0.2, -0.15) is 5.10 Å². The van der Waals surface area contributed by atoms with Gasteiger partial charge in [0.15, 0.2) is 5.82 Å². The number of carbonyl (C=O) groups excluding carboxylic acids is 2. The molecule has 0 saturated carbocycles. The van der Waals surface area contributed by atoms with Gasteiger partial charge in [-0.25, -0.2) is 18.3 Å². The zero-order valence-corrected chi connectivity index (χ0v) is 18.5. The van der Waals surface area contributed by atoms with Gasteiger partial charge in [0.25, 0.3) is 5.91 Å². The van der Waals surface area contributed by atoms with Crippen LogP contribution >= 0.6 is 0 Å². The summed E-state index contributed by atoms with van der Waals surface area (Å²) in [6, 6.07) is 10.4. The lowest BCUT2D eigenvalue weighted by Crippen LogP contribution is -2.32. The van der Waals surface area contributed by atoms with E-state index in [1.54, 1.807) is 24.8 Å². The molecule has 0 unspecified atom stereocenters. The fourth-order valence-corrected chi connectivity index (χ4v) is 4.01. The summed E-state index contributed by atoms with van der Waals surface area (Å²) in [5, 5.41) is 10.0. The summed E-state index contributed by atoms with van der Waals surface area (Å²) in [5.41, 5.74) is 2.75. The number of nitrogens with zero attached hydrogens (tertiary/aromatic N) is 3. The van der Waals surface area contributed by atoms with Crippen LogP contribution in [0.1, 0.15) is 40.2 Å². The first-order valence-electron chi connectivity index (χ1n) is 10.8. The van der Waals surface area contributed by atoms with Crippen molar-refractivity contribution in [1.29, 1.82) is 0 Å². The highest BCUT2D eigenvalue weighted by Crippen LogP contribution is 2.21. The van der Waals surface area contributed by atoms with Gasteiger partial charge in [0.1, 0.15) is 11.5 Å². The van der Waals surface area contributed by atoms with Crippen LogP contribution in [0.5, 0.6) is 0 Å². The molecule has 9 heteroatoms. The molecule has 2 heterocycles. The Morgan fingerprint density at radius 3 is 2.55 bits per heavy atom. The van der Waals surface area contributed by atoms with Crippen molar-refractivity contribution in [2.24, 2.45) is 0 Å². The molecule has 33 heavy (non-hydrogen) atoms. The first-order valence-corrected chi connectivity index (χ1v) is 10.8. The molecular weight excluding hydrogens is 428 g/mol. The molecule has 0 aliphatic carbocycles. The number of anilines is 1.